The monoisotopic (exact) mass is 1260 g/mol. The molecule has 0 saturated carbocycles. The van der Waals surface area contributed by atoms with E-state index in [4.69, 9.17) is 9.47 Å². The molecule has 4 fully saturated rings. The number of fused-ring (bicyclic) bond motifs is 2. The summed E-state index contributed by atoms with van der Waals surface area (Å²) >= 11 is 0. The van der Waals surface area contributed by atoms with Gasteiger partial charge in [-0.15, -0.1) is 5.10 Å². The highest BCUT2D eigenvalue weighted by atomic mass is 16.6. The van der Waals surface area contributed by atoms with Gasteiger partial charge in [-0.3, -0.25) is 38.2 Å². The molecule has 4 aromatic carbocycles. The summed E-state index contributed by atoms with van der Waals surface area (Å²) in [5, 5.41) is 29.1. The van der Waals surface area contributed by atoms with Crippen LogP contribution in [0.3, 0.4) is 0 Å². The smallest absolute Gasteiger partial charge is 0.408 e. The average molecular weight is 1260 g/mol. The number of alkyl carbamates (subject to hydrolysis) is 2. The van der Waals surface area contributed by atoms with Crippen LogP contribution in [0.4, 0.5) is 9.59 Å². The standard InChI is InChI=1S/C69H88N12O11/c1-9-50(71-66(89)91-68(3,4)5)60(83)75-57-46(31-33-48-35-37-53(80(48)64(57)87)62(85)73-55(42-23-15-11-16-24-42)43-25-17-12-18-26-43)39-70-59(82)52-41-79(78-77-52)40-47-32-34-49-36-38-54(63(86)74-56(44-27-19-13-20-28-44)45-29-21-14-22-30-45)81(49)65(88)58(47)76-61(84)51(10-2)72-67(90)92-69(6,7)8/h11-30,41,46-51,53-58H,9-10,31-40H2,1-8H3,(H,70,82)(H,71,89)(H,72,90)(H,73,85)(H,74,86)(H,75,83)(H,76,84)/t46-,47-,48+,49+,50+,51+,53+,54+,57+,58+/m1/s1. The fraction of sp³-hybridized carbons (Fsp3) is 0.493. The van der Waals surface area contributed by atoms with E-state index in [1.807, 2.05) is 121 Å². The Morgan fingerprint density at radius 2 is 0.880 bits per heavy atom. The molecule has 4 aliphatic heterocycles. The Hall–Kier alpha value is -9.15. The number of nitrogens with one attached hydrogen (secondary N) is 7. The Kier molecular flexibility index (Phi) is 21.8. The summed E-state index contributed by atoms with van der Waals surface area (Å²) in [7, 11) is 0. The molecule has 5 aromatic rings. The van der Waals surface area contributed by atoms with Crippen LogP contribution in [0.1, 0.15) is 164 Å². The van der Waals surface area contributed by atoms with Gasteiger partial charge in [0, 0.05) is 37.0 Å². The van der Waals surface area contributed by atoms with Crippen molar-refractivity contribution in [3.05, 3.63) is 155 Å². The average Bonchev–Trinajstić information content (AvgIpc) is 1.64. The maximum atomic E-state index is 15.3. The molecule has 23 heteroatoms. The molecule has 0 radical (unpaired) electrons. The first kappa shape index (κ1) is 67.2. The zero-order valence-electron chi connectivity index (χ0n) is 53.8. The summed E-state index contributed by atoms with van der Waals surface area (Å²) in [6.45, 7) is 13.5. The van der Waals surface area contributed by atoms with Crippen LogP contribution in [-0.2, 0) is 44.8 Å². The second kappa shape index (κ2) is 29.9. The third kappa shape index (κ3) is 16.9. The molecule has 0 spiro atoms. The Balaban J connectivity index is 0.938. The highest BCUT2D eigenvalue weighted by Crippen LogP contribution is 2.37. The van der Waals surface area contributed by atoms with Crippen LogP contribution in [0.25, 0.3) is 0 Å². The molecule has 9 rings (SSSR count). The van der Waals surface area contributed by atoms with Gasteiger partial charge in [0.15, 0.2) is 5.69 Å². The number of nitrogens with zero attached hydrogens (tertiary/aromatic N) is 5. The zero-order chi connectivity index (χ0) is 65.9. The third-order valence-corrected chi connectivity index (χ3v) is 17.6. The van der Waals surface area contributed by atoms with Crippen LogP contribution in [0.15, 0.2) is 128 Å². The van der Waals surface area contributed by atoms with Crippen molar-refractivity contribution >= 4 is 53.5 Å². The van der Waals surface area contributed by atoms with E-state index in [1.165, 1.54) is 10.9 Å². The largest absolute Gasteiger partial charge is 0.444 e. The topological polar surface area (TPSA) is 293 Å². The Bertz CT molecular complexity index is 3320. The fourth-order valence-electron chi connectivity index (χ4n) is 13.1. The first-order valence-electron chi connectivity index (χ1n) is 32.2. The second-order valence-corrected chi connectivity index (χ2v) is 26.4. The van der Waals surface area contributed by atoms with Crippen LogP contribution in [-0.4, -0.2) is 144 Å². The Morgan fingerprint density at radius 3 is 1.26 bits per heavy atom. The van der Waals surface area contributed by atoms with Gasteiger partial charge in [0.2, 0.25) is 35.4 Å². The molecule has 0 bridgehead atoms. The second-order valence-electron chi connectivity index (χ2n) is 26.4. The van der Waals surface area contributed by atoms with Gasteiger partial charge >= 0.3 is 12.2 Å². The maximum Gasteiger partial charge on any atom is 0.408 e. The molecule has 9 amide bonds. The molecule has 1 aromatic heterocycles. The van der Waals surface area contributed by atoms with Crippen LogP contribution in [0.5, 0.6) is 0 Å². The summed E-state index contributed by atoms with van der Waals surface area (Å²) in [4.78, 5) is 132. The minimum Gasteiger partial charge on any atom is -0.444 e. The van der Waals surface area contributed by atoms with Crippen LogP contribution < -0.4 is 37.2 Å². The number of carbonyl (C=O) groups is 9. The molecule has 0 aliphatic carbocycles. The van der Waals surface area contributed by atoms with E-state index in [9.17, 15) is 33.6 Å². The minimum atomic E-state index is -1.26. The lowest BCUT2D eigenvalue weighted by molar-refractivity contribution is -0.144. The van der Waals surface area contributed by atoms with Gasteiger partial charge in [0.1, 0.15) is 47.5 Å². The van der Waals surface area contributed by atoms with Crippen molar-refractivity contribution in [1.29, 1.82) is 0 Å². The molecule has 4 saturated heterocycles. The van der Waals surface area contributed by atoms with E-state index in [2.05, 4.69) is 47.5 Å². The van der Waals surface area contributed by atoms with Gasteiger partial charge in [0.05, 0.1) is 18.3 Å². The van der Waals surface area contributed by atoms with E-state index < -0.39 is 113 Å². The number of carbonyl (C=O) groups excluding carboxylic acids is 9. The molecule has 10 atom stereocenters. The van der Waals surface area contributed by atoms with Crippen molar-refractivity contribution in [2.45, 2.75) is 198 Å². The van der Waals surface area contributed by atoms with E-state index in [1.54, 1.807) is 65.2 Å². The van der Waals surface area contributed by atoms with Gasteiger partial charge in [-0.2, -0.15) is 0 Å². The quantitative estimate of drug-likeness (QED) is 0.0393. The molecule has 92 heavy (non-hydrogen) atoms. The fourth-order valence-corrected chi connectivity index (χ4v) is 13.1. The summed E-state index contributed by atoms with van der Waals surface area (Å²) in [6, 6.07) is 30.0. The van der Waals surface area contributed by atoms with Crippen molar-refractivity contribution in [2.24, 2.45) is 11.8 Å². The molecule has 4 aliphatic rings. The van der Waals surface area contributed by atoms with Crippen LogP contribution in [0, 0.1) is 11.8 Å². The highest BCUT2D eigenvalue weighted by Gasteiger charge is 2.50. The number of benzene rings is 4. The molecular weight excluding hydrogens is 1170 g/mol. The zero-order valence-corrected chi connectivity index (χ0v) is 53.8. The molecular formula is C69H88N12O11. The van der Waals surface area contributed by atoms with Gasteiger partial charge in [-0.25, -0.2) is 9.59 Å². The highest BCUT2D eigenvalue weighted by molar-refractivity contribution is 5.97. The number of rotatable bonds is 21. The third-order valence-electron chi connectivity index (χ3n) is 17.6. The lowest BCUT2D eigenvalue weighted by atomic mass is 9.92. The first-order valence-corrected chi connectivity index (χ1v) is 32.2. The van der Waals surface area contributed by atoms with Crippen LogP contribution >= 0.6 is 0 Å². The van der Waals surface area contributed by atoms with Gasteiger partial charge in [0.25, 0.3) is 5.91 Å². The van der Waals surface area contributed by atoms with Crippen molar-refractivity contribution in [3.63, 3.8) is 0 Å². The molecule has 0 unspecified atom stereocenters. The van der Waals surface area contributed by atoms with Crippen molar-refractivity contribution in [1.82, 2.24) is 62.0 Å². The lowest BCUT2D eigenvalue weighted by Crippen LogP contribution is -2.59. The number of hydrogen-bond acceptors (Lipinski definition) is 13. The van der Waals surface area contributed by atoms with Crippen molar-refractivity contribution in [2.75, 3.05) is 6.54 Å². The molecule has 7 N–H and O–H groups in total. The molecule has 490 valence electrons. The summed E-state index contributed by atoms with van der Waals surface area (Å²) in [5.74, 6) is -5.00. The van der Waals surface area contributed by atoms with E-state index in [-0.39, 0.29) is 55.5 Å². The van der Waals surface area contributed by atoms with Crippen LogP contribution in [0.2, 0.25) is 0 Å². The van der Waals surface area contributed by atoms with E-state index >= 15 is 9.59 Å². The van der Waals surface area contributed by atoms with Crippen molar-refractivity contribution < 1.29 is 52.6 Å². The van der Waals surface area contributed by atoms with Gasteiger partial charge in [-0.1, -0.05) is 140 Å². The number of aromatic nitrogens is 3. The summed E-state index contributed by atoms with van der Waals surface area (Å²) < 4.78 is 12.4. The summed E-state index contributed by atoms with van der Waals surface area (Å²) in [6.07, 6.45) is 3.57. The van der Waals surface area contributed by atoms with Crippen molar-refractivity contribution in [3.8, 4) is 0 Å². The Morgan fingerprint density at radius 1 is 0.511 bits per heavy atom. The number of hydrogen-bond donors (Lipinski definition) is 7. The summed E-state index contributed by atoms with van der Waals surface area (Å²) in [5.41, 5.74) is 1.60. The van der Waals surface area contributed by atoms with E-state index in [0.29, 0.717) is 51.4 Å². The Labute approximate surface area is 537 Å². The normalized spacial score (nSPS) is 22.2. The van der Waals surface area contributed by atoms with Gasteiger partial charge < -0.3 is 56.5 Å². The SMILES string of the molecule is CC[C@H](NC(=O)OC(C)(C)C)C(=O)N[C@@H]1C(=O)N2[C@@H](CC[C@@H]1CNC(=O)c1cn(C[C@H]3CC[C@H]4CC[C@@H](C(=O)NC(c5ccccc5)c5ccccc5)N4C(=O)[C@H]3NC(=O)[C@H](CC)NC(=O)OC(C)(C)C)nn1)CC[C@H]2C(=O)NC(c1ccccc1)c1ccccc1. The first-order chi connectivity index (χ1) is 44.0. The minimum absolute atomic E-state index is 0.000661. The lowest BCUT2D eigenvalue weighted by Gasteiger charge is -2.33. The number of amides is 9. The maximum absolute atomic E-state index is 15.3. The number of ether oxygens (including phenoxy) is 2. The van der Waals surface area contributed by atoms with E-state index in [0.717, 1.165) is 22.3 Å². The predicted octanol–water partition coefficient (Wildman–Crippen LogP) is 6.93. The predicted molar refractivity (Wildman–Crippen MR) is 342 cm³/mol. The molecule has 5 heterocycles. The van der Waals surface area contributed by atoms with Gasteiger partial charge in [-0.05, 0) is 128 Å². The molecule has 23 nitrogen and oxygen atoms in total.